The minimum atomic E-state index is -0.193. The number of unbranched alkanes of at least 4 members (excludes halogenated alkanes) is 1. The van der Waals surface area contributed by atoms with E-state index in [2.05, 4.69) is 59.9 Å². The predicted molar refractivity (Wildman–Crippen MR) is 165 cm³/mol. The van der Waals surface area contributed by atoms with E-state index in [1.165, 1.54) is 43.7 Å². The highest BCUT2D eigenvalue weighted by Gasteiger charge is 2.39. The highest BCUT2D eigenvalue weighted by atomic mass is 79.9. The minimum absolute atomic E-state index is 0.193. The molecule has 2 aromatic rings. The molecule has 2 aliphatic heterocycles. The highest BCUT2D eigenvalue weighted by Crippen LogP contribution is 2.33. The molecule has 5 rings (SSSR count). The van der Waals surface area contributed by atoms with E-state index in [0.717, 1.165) is 80.8 Å². The molecule has 40 heavy (non-hydrogen) atoms. The monoisotopic (exact) mass is 610 g/mol. The smallest absolute Gasteiger partial charge is 0.194 e. The van der Waals surface area contributed by atoms with Crippen molar-refractivity contribution >= 4 is 27.8 Å². The number of nitrogens with one attached hydrogen (secondary N) is 1. The summed E-state index contributed by atoms with van der Waals surface area (Å²) >= 11 is 3.60. The molecule has 3 N–H and O–H groups in total. The third-order valence-corrected chi connectivity index (χ3v) is 9.54. The van der Waals surface area contributed by atoms with Crippen LogP contribution in [-0.4, -0.2) is 71.4 Å². The van der Waals surface area contributed by atoms with Gasteiger partial charge in [0.15, 0.2) is 11.9 Å². The molecule has 1 saturated heterocycles. The molecule has 0 radical (unpaired) electrons. The number of hydrogen-bond acceptors (Lipinski definition) is 4. The Morgan fingerprint density at radius 3 is 2.40 bits per heavy atom. The molecule has 1 saturated carbocycles. The van der Waals surface area contributed by atoms with Gasteiger partial charge in [0.2, 0.25) is 0 Å². The van der Waals surface area contributed by atoms with Crippen molar-refractivity contribution in [3.63, 3.8) is 0 Å². The van der Waals surface area contributed by atoms with Gasteiger partial charge in [-0.3, -0.25) is 10.4 Å². The Bertz CT molecular complexity index is 1170. The molecule has 0 spiro atoms. The normalized spacial score (nSPS) is 21.9. The van der Waals surface area contributed by atoms with Crippen molar-refractivity contribution in [2.24, 2.45) is 16.6 Å². The van der Waals surface area contributed by atoms with Crippen molar-refractivity contribution < 1.29 is 4.39 Å². The lowest BCUT2D eigenvalue weighted by atomic mass is 9.83. The SMILES string of the molecule is N=C1N(CCCC[C@H]2CN=C(N)N2CCc2cccc(F)c2)C[C@@H](C2CCCCC2)N1CCc1cccc(Br)c1. The Morgan fingerprint density at radius 1 is 0.925 bits per heavy atom. The fourth-order valence-electron chi connectivity index (χ4n) is 6.83. The number of aliphatic imine (C=N–C) groups is 1. The van der Waals surface area contributed by atoms with Crippen LogP contribution in [0.4, 0.5) is 4.39 Å². The third kappa shape index (κ3) is 7.36. The van der Waals surface area contributed by atoms with Crippen LogP contribution in [0.1, 0.15) is 62.5 Å². The minimum Gasteiger partial charge on any atom is -0.370 e. The molecule has 3 aliphatic rings. The van der Waals surface area contributed by atoms with Crippen molar-refractivity contribution in [2.45, 2.75) is 76.3 Å². The van der Waals surface area contributed by atoms with E-state index in [1.54, 1.807) is 12.1 Å². The van der Waals surface area contributed by atoms with Crippen LogP contribution in [0.15, 0.2) is 58.0 Å². The van der Waals surface area contributed by atoms with E-state index in [-0.39, 0.29) is 5.82 Å². The lowest BCUT2D eigenvalue weighted by molar-refractivity contribution is 0.200. The van der Waals surface area contributed by atoms with Crippen LogP contribution in [-0.2, 0) is 12.8 Å². The first-order valence-corrected chi connectivity index (χ1v) is 15.9. The summed E-state index contributed by atoms with van der Waals surface area (Å²) in [7, 11) is 0. The van der Waals surface area contributed by atoms with Gasteiger partial charge in [0.05, 0.1) is 18.6 Å². The van der Waals surface area contributed by atoms with Crippen LogP contribution in [0.2, 0.25) is 0 Å². The van der Waals surface area contributed by atoms with E-state index in [1.807, 2.05) is 6.07 Å². The Kier molecular flexibility index (Phi) is 10.00. The van der Waals surface area contributed by atoms with Crippen molar-refractivity contribution in [3.05, 3.63) is 69.9 Å². The molecular weight excluding hydrogens is 567 g/mol. The number of rotatable bonds is 12. The van der Waals surface area contributed by atoms with Gasteiger partial charge in [-0.15, -0.1) is 0 Å². The van der Waals surface area contributed by atoms with Gasteiger partial charge in [-0.05, 0) is 86.3 Å². The van der Waals surface area contributed by atoms with Gasteiger partial charge in [-0.25, -0.2) is 4.39 Å². The second kappa shape index (κ2) is 13.8. The Balaban J connectivity index is 1.12. The Labute approximate surface area is 247 Å². The summed E-state index contributed by atoms with van der Waals surface area (Å²) in [6.45, 7) is 4.33. The summed E-state index contributed by atoms with van der Waals surface area (Å²) in [5.74, 6) is 1.84. The Hall–Kier alpha value is -2.61. The topological polar surface area (TPSA) is 71.9 Å². The largest absolute Gasteiger partial charge is 0.370 e. The van der Waals surface area contributed by atoms with Crippen LogP contribution < -0.4 is 5.73 Å². The first-order chi connectivity index (χ1) is 19.5. The second-order valence-corrected chi connectivity index (χ2v) is 12.6. The zero-order valence-corrected chi connectivity index (χ0v) is 25.2. The van der Waals surface area contributed by atoms with E-state index >= 15 is 0 Å². The highest BCUT2D eigenvalue weighted by molar-refractivity contribution is 9.10. The van der Waals surface area contributed by atoms with Gasteiger partial charge in [0, 0.05) is 30.7 Å². The molecule has 2 heterocycles. The van der Waals surface area contributed by atoms with Gasteiger partial charge < -0.3 is 20.4 Å². The molecule has 1 aliphatic carbocycles. The molecule has 2 atom stereocenters. The second-order valence-electron chi connectivity index (χ2n) is 11.7. The summed E-state index contributed by atoms with van der Waals surface area (Å²) in [4.78, 5) is 11.5. The van der Waals surface area contributed by atoms with E-state index < -0.39 is 0 Å². The van der Waals surface area contributed by atoms with Crippen molar-refractivity contribution in [2.75, 3.05) is 32.7 Å². The molecular formula is C32H44BrFN6. The first-order valence-electron chi connectivity index (χ1n) is 15.1. The quantitative estimate of drug-likeness (QED) is 0.287. The summed E-state index contributed by atoms with van der Waals surface area (Å²) in [5.41, 5.74) is 8.53. The van der Waals surface area contributed by atoms with Crippen molar-refractivity contribution in [1.29, 1.82) is 5.41 Å². The van der Waals surface area contributed by atoms with Gasteiger partial charge >= 0.3 is 0 Å². The average Bonchev–Trinajstić information content (AvgIpc) is 3.47. The van der Waals surface area contributed by atoms with Gasteiger partial charge in [-0.1, -0.05) is 59.5 Å². The lowest BCUT2D eigenvalue weighted by Crippen LogP contribution is -2.42. The zero-order chi connectivity index (χ0) is 27.9. The molecule has 2 aromatic carbocycles. The zero-order valence-electron chi connectivity index (χ0n) is 23.6. The number of halogens is 2. The van der Waals surface area contributed by atoms with Crippen LogP contribution in [0.5, 0.6) is 0 Å². The summed E-state index contributed by atoms with van der Waals surface area (Å²) in [6, 6.07) is 16.2. The molecule has 216 valence electrons. The van der Waals surface area contributed by atoms with Gasteiger partial charge in [0.1, 0.15) is 5.82 Å². The van der Waals surface area contributed by atoms with E-state index in [4.69, 9.17) is 11.1 Å². The molecule has 0 unspecified atom stereocenters. The predicted octanol–water partition coefficient (Wildman–Crippen LogP) is 6.04. The number of hydrogen-bond donors (Lipinski definition) is 2. The maximum Gasteiger partial charge on any atom is 0.194 e. The fraction of sp³-hybridized carbons (Fsp3) is 0.562. The van der Waals surface area contributed by atoms with Gasteiger partial charge in [-0.2, -0.15) is 0 Å². The van der Waals surface area contributed by atoms with Crippen molar-refractivity contribution in [3.8, 4) is 0 Å². The van der Waals surface area contributed by atoms with E-state index in [0.29, 0.717) is 24.0 Å². The number of benzene rings is 2. The van der Waals surface area contributed by atoms with Gasteiger partial charge in [0.25, 0.3) is 0 Å². The maximum absolute atomic E-state index is 13.6. The van der Waals surface area contributed by atoms with Crippen LogP contribution in [0.25, 0.3) is 0 Å². The fourth-order valence-corrected chi connectivity index (χ4v) is 7.27. The molecule has 0 amide bonds. The lowest BCUT2D eigenvalue weighted by Gasteiger charge is -2.33. The molecule has 0 aromatic heterocycles. The number of nitrogens with zero attached hydrogens (tertiary/aromatic N) is 4. The van der Waals surface area contributed by atoms with Crippen LogP contribution in [0.3, 0.4) is 0 Å². The summed E-state index contributed by atoms with van der Waals surface area (Å²) in [6.07, 6.45) is 11.5. The first kappa shape index (κ1) is 28.9. The molecule has 8 heteroatoms. The van der Waals surface area contributed by atoms with Crippen LogP contribution in [0, 0.1) is 17.1 Å². The Morgan fingerprint density at radius 2 is 1.65 bits per heavy atom. The third-order valence-electron chi connectivity index (χ3n) is 9.05. The molecule has 0 bridgehead atoms. The average molecular weight is 612 g/mol. The van der Waals surface area contributed by atoms with E-state index in [9.17, 15) is 4.39 Å². The number of guanidine groups is 2. The van der Waals surface area contributed by atoms with Crippen LogP contribution >= 0.6 is 15.9 Å². The number of nitrogens with two attached hydrogens (primary N) is 1. The molecule has 2 fully saturated rings. The summed E-state index contributed by atoms with van der Waals surface area (Å²) < 4.78 is 14.7. The van der Waals surface area contributed by atoms with Crippen molar-refractivity contribution in [1.82, 2.24) is 14.7 Å². The molecule has 6 nitrogen and oxygen atoms in total. The maximum atomic E-state index is 13.6. The standard InChI is InChI=1S/C32H44BrFN6/c33-27-12-6-8-24(20-27)16-19-40-30(26-10-2-1-3-11-26)23-38(32(40)36)17-5-4-14-29-22-37-31(35)39(29)18-15-25-9-7-13-28(34)21-25/h6-9,12-13,20-21,26,29-30,36H,1-5,10-11,14-19,22-23H2,(H2,35,37)/t29-,30-/m0/s1. The summed E-state index contributed by atoms with van der Waals surface area (Å²) in [5, 5.41) is 9.11.